The van der Waals surface area contributed by atoms with Crippen LogP contribution in [-0.4, -0.2) is 64.2 Å². The number of H-pyrrole nitrogens is 1. The second kappa shape index (κ2) is 7.52. The van der Waals surface area contributed by atoms with Gasteiger partial charge in [0.2, 0.25) is 5.91 Å². The molecule has 1 aliphatic rings. The average Bonchev–Trinajstić information content (AvgIpc) is 3.01. The predicted molar refractivity (Wildman–Crippen MR) is 93.1 cm³/mol. The van der Waals surface area contributed by atoms with Crippen molar-refractivity contribution < 1.29 is 14.7 Å². The molecular weight excluding hydrogens is 322 g/mol. The van der Waals surface area contributed by atoms with Crippen LogP contribution in [0.15, 0.2) is 18.2 Å². The van der Waals surface area contributed by atoms with Gasteiger partial charge in [0.05, 0.1) is 11.0 Å². The minimum Gasteiger partial charge on any atom is -0.396 e. The summed E-state index contributed by atoms with van der Waals surface area (Å²) in [6.45, 7) is 3.16. The van der Waals surface area contributed by atoms with Crippen molar-refractivity contribution in [3.8, 4) is 0 Å². The maximum Gasteiger partial charge on any atom is 0.318 e. The smallest absolute Gasteiger partial charge is 0.318 e. The van der Waals surface area contributed by atoms with Crippen LogP contribution in [0.5, 0.6) is 0 Å². The van der Waals surface area contributed by atoms with Gasteiger partial charge in [-0.2, -0.15) is 0 Å². The molecule has 2 aromatic rings. The van der Waals surface area contributed by atoms with Gasteiger partial charge in [-0.25, -0.2) is 9.78 Å². The maximum atomic E-state index is 12.4. The normalized spacial score (nSPS) is 17.6. The predicted octanol–water partition coefficient (Wildman–Crippen LogP) is 0.306. The average molecular weight is 345 g/mol. The van der Waals surface area contributed by atoms with E-state index in [1.165, 1.54) is 4.90 Å². The Balaban J connectivity index is 1.57. The number of nitrogens with zero attached hydrogens (tertiary/aromatic N) is 2. The van der Waals surface area contributed by atoms with Crippen molar-refractivity contribution in [1.29, 1.82) is 0 Å². The van der Waals surface area contributed by atoms with Crippen molar-refractivity contribution in [3.63, 3.8) is 0 Å². The van der Waals surface area contributed by atoms with Crippen molar-refractivity contribution >= 4 is 23.0 Å². The first kappa shape index (κ1) is 17.2. The first-order chi connectivity index (χ1) is 12.1. The number of urea groups is 1. The quantitative estimate of drug-likeness (QED) is 0.625. The number of aliphatic hydroxyl groups is 1. The molecule has 4 N–H and O–H groups in total. The number of aryl methyl sites for hydroxylation is 1. The van der Waals surface area contributed by atoms with Crippen LogP contribution < -0.4 is 10.6 Å². The fourth-order valence-corrected chi connectivity index (χ4v) is 3.10. The summed E-state index contributed by atoms with van der Waals surface area (Å²) in [6, 6.07) is 5.05. The van der Waals surface area contributed by atoms with E-state index in [2.05, 4.69) is 20.6 Å². The standard InChI is InChI=1S/C17H23N5O3/c1-11-3-2-4-12-15(11)21-14(20-12)5-7-19-17(25)22-9-8-18-16(24)13(22)6-10-23/h2-4,13,23H,5-10H2,1H3,(H,18,24)(H,19,25)(H,20,21). The summed E-state index contributed by atoms with van der Waals surface area (Å²) in [5.41, 5.74) is 3.03. The van der Waals surface area contributed by atoms with Gasteiger partial charge >= 0.3 is 6.03 Å². The van der Waals surface area contributed by atoms with Crippen LogP contribution >= 0.6 is 0 Å². The summed E-state index contributed by atoms with van der Waals surface area (Å²) in [6.07, 6.45) is 0.812. The zero-order valence-corrected chi connectivity index (χ0v) is 14.2. The van der Waals surface area contributed by atoms with E-state index in [-0.39, 0.29) is 25.0 Å². The van der Waals surface area contributed by atoms with Gasteiger partial charge in [0.15, 0.2) is 0 Å². The van der Waals surface area contributed by atoms with E-state index in [1.54, 1.807) is 0 Å². The summed E-state index contributed by atoms with van der Waals surface area (Å²) in [7, 11) is 0. The molecule has 3 rings (SSSR count). The number of benzene rings is 1. The Labute approximate surface area is 145 Å². The van der Waals surface area contributed by atoms with Crippen LogP contribution in [0, 0.1) is 6.92 Å². The zero-order valence-electron chi connectivity index (χ0n) is 14.2. The van der Waals surface area contributed by atoms with Crippen molar-refractivity contribution in [2.45, 2.75) is 25.8 Å². The fraction of sp³-hybridized carbons (Fsp3) is 0.471. The molecule has 0 saturated carbocycles. The third kappa shape index (κ3) is 3.74. The number of hydrogen-bond donors (Lipinski definition) is 4. The van der Waals surface area contributed by atoms with E-state index in [1.807, 2.05) is 25.1 Å². The molecule has 0 bridgehead atoms. The Bertz CT molecular complexity index is 773. The number of fused-ring (bicyclic) bond motifs is 1. The minimum absolute atomic E-state index is 0.139. The molecule has 1 aromatic carbocycles. The molecule has 2 heterocycles. The molecule has 1 fully saturated rings. The number of aliphatic hydroxyl groups excluding tert-OH is 1. The van der Waals surface area contributed by atoms with Crippen molar-refractivity contribution in [3.05, 3.63) is 29.6 Å². The van der Waals surface area contributed by atoms with Crippen LogP contribution in [0.2, 0.25) is 0 Å². The summed E-state index contributed by atoms with van der Waals surface area (Å²) in [5, 5.41) is 14.7. The van der Waals surface area contributed by atoms with Gasteiger partial charge in [0.1, 0.15) is 11.9 Å². The highest BCUT2D eigenvalue weighted by atomic mass is 16.3. The molecule has 1 aromatic heterocycles. The maximum absolute atomic E-state index is 12.4. The van der Waals surface area contributed by atoms with Gasteiger partial charge in [0.25, 0.3) is 0 Å². The number of amides is 3. The summed E-state index contributed by atoms with van der Waals surface area (Å²) >= 11 is 0. The molecule has 3 amide bonds. The van der Waals surface area contributed by atoms with Crippen LogP contribution in [0.4, 0.5) is 4.79 Å². The van der Waals surface area contributed by atoms with Crippen molar-refractivity contribution in [1.82, 2.24) is 25.5 Å². The number of carbonyl (C=O) groups is 2. The number of piperazine rings is 1. The number of rotatable bonds is 5. The largest absolute Gasteiger partial charge is 0.396 e. The number of carbonyl (C=O) groups excluding carboxylic acids is 2. The summed E-state index contributed by atoms with van der Waals surface area (Å²) in [4.78, 5) is 33.5. The third-order valence-corrected chi connectivity index (χ3v) is 4.40. The highest BCUT2D eigenvalue weighted by Gasteiger charge is 2.32. The molecule has 0 radical (unpaired) electrons. The van der Waals surface area contributed by atoms with E-state index in [4.69, 9.17) is 5.11 Å². The second-order valence-corrected chi connectivity index (χ2v) is 6.15. The molecule has 0 spiro atoms. The summed E-state index contributed by atoms with van der Waals surface area (Å²) < 4.78 is 0. The molecule has 1 atom stereocenters. The number of nitrogens with one attached hydrogen (secondary N) is 3. The second-order valence-electron chi connectivity index (χ2n) is 6.15. The van der Waals surface area contributed by atoms with Crippen molar-refractivity contribution in [2.24, 2.45) is 0 Å². The van der Waals surface area contributed by atoms with Gasteiger partial charge < -0.3 is 25.6 Å². The number of hydrogen-bond acceptors (Lipinski definition) is 4. The van der Waals surface area contributed by atoms with E-state index in [0.29, 0.717) is 26.1 Å². The van der Waals surface area contributed by atoms with E-state index >= 15 is 0 Å². The van der Waals surface area contributed by atoms with Gasteiger partial charge in [-0.05, 0) is 25.0 Å². The Kier molecular flexibility index (Phi) is 5.18. The number of aromatic nitrogens is 2. The Morgan fingerprint density at radius 2 is 2.32 bits per heavy atom. The number of aromatic amines is 1. The van der Waals surface area contributed by atoms with Gasteiger partial charge in [-0.3, -0.25) is 4.79 Å². The lowest BCUT2D eigenvalue weighted by molar-refractivity contribution is -0.128. The minimum atomic E-state index is -0.618. The lowest BCUT2D eigenvalue weighted by Crippen LogP contribution is -2.59. The molecule has 8 heteroatoms. The monoisotopic (exact) mass is 345 g/mol. The highest BCUT2D eigenvalue weighted by molar-refractivity contribution is 5.88. The topological polar surface area (TPSA) is 110 Å². The molecule has 25 heavy (non-hydrogen) atoms. The third-order valence-electron chi connectivity index (χ3n) is 4.40. The number of imidazole rings is 1. The number of para-hydroxylation sites is 1. The fourth-order valence-electron chi connectivity index (χ4n) is 3.10. The van der Waals surface area contributed by atoms with E-state index < -0.39 is 6.04 Å². The Morgan fingerprint density at radius 1 is 1.48 bits per heavy atom. The Morgan fingerprint density at radius 3 is 3.08 bits per heavy atom. The van der Waals surface area contributed by atoms with E-state index in [0.717, 1.165) is 22.4 Å². The molecule has 8 nitrogen and oxygen atoms in total. The zero-order chi connectivity index (χ0) is 17.8. The van der Waals surface area contributed by atoms with Gasteiger partial charge in [-0.15, -0.1) is 0 Å². The molecule has 134 valence electrons. The SMILES string of the molecule is Cc1cccc2[nH]c(CCNC(=O)N3CCNC(=O)C3CCO)nc12. The van der Waals surface area contributed by atoms with Crippen LogP contribution in [-0.2, 0) is 11.2 Å². The lowest BCUT2D eigenvalue weighted by atomic mass is 10.1. The molecular formula is C17H23N5O3. The van der Waals surface area contributed by atoms with E-state index in [9.17, 15) is 9.59 Å². The first-order valence-electron chi connectivity index (χ1n) is 8.47. The molecule has 1 saturated heterocycles. The van der Waals surface area contributed by atoms with Gasteiger partial charge in [0, 0.05) is 32.7 Å². The van der Waals surface area contributed by atoms with Gasteiger partial charge in [-0.1, -0.05) is 12.1 Å². The van der Waals surface area contributed by atoms with Crippen LogP contribution in [0.3, 0.4) is 0 Å². The molecule has 0 aliphatic carbocycles. The van der Waals surface area contributed by atoms with Crippen LogP contribution in [0.25, 0.3) is 11.0 Å². The lowest BCUT2D eigenvalue weighted by Gasteiger charge is -2.34. The highest BCUT2D eigenvalue weighted by Crippen LogP contribution is 2.15. The molecule has 1 unspecified atom stereocenters. The first-order valence-corrected chi connectivity index (χ1v) is 8.47. The summed E-state index contributed by atoms with van der Waals surface area (Å²) in [5.74, 6) is 0.594. The van der Waals surface area contributed by atoms with Crippen LogP contribution in [0.1, 0.15) is 17.8 Å². The molecule has 1 aliphatic heterocycles. The Hall–Kier alpha value is -2.61. The van der Waals surface area contributed by atoms with Crippen molar-refractivity contribution in [2.75, 3.05) is 26.2 Å².